The average Bonchev–Trinajstić information content (AvgIpc) is 2.51. The number of amides is 1. The van der Waals surface area contributed by atoms with E-state index in [0.29, 0.717) is 30.6 Å². The van der Waals surface area contributed by atoms with Crippen molar-refractivity contribution in [3.8, 4) is 0 Å². The molecule has 0 bridgehead atoms. The molecule has 1 aromatic rings. The van der Waals surface area contributed by atoms with Gasteiger partial charge >= 0.3 is 0 Å². The van der Waals surface area contributed by atoms with Crippen molar-refractivity contribution < 1.29 is 13.2 Å². The van der Waals surface area contributed by atoms with E-state index in [2.05, 4.69) is 20.8 Å². The Labute approximate surface area is 145 Å². The van der Waals surface area contributed by atoms with Crippen LogP contribution in [0.25, 0.3) is 0 Å². The van der Waals surface area contributed by atoms with Gasteiger partial charge in [-0.2, -0.15) is 0 Å². The number of rotatable bonds is 5. The normalized spacial score (nSPS) is 18.7. The van der Waals surface area contributed by atoms with Gasteiger partial charge in [0.25, 0.3) is 0 Å². The minimum atomic E-state index is -3.51. The molecule has 1 aliphatic heterocycles. The summed E-state index contributed by atoms with van der Waals surface area (Å²) in [7, 11) is -3.51. The molecule has 6 heteroatoms. The summed E-state index contributed by atoms with van der Waals surface area (Å²) >= 11 is 0. The molecule has 24 heavy (non-hydrogen) atoms. The van der Waals surface area contributed by atoms with E-state index in [1.807, 2.05) is 12.1 Å². The van der Waals surface area contributed by atoms with Gasteiger partial charge in [-0.15, -0.1) is 0 Å². The second kappa shape index (κ2) is 7.55. The number of hydrogen-bond donors (Lipinski definition) is 0. The fourth-order valence-corrected chi connectivity index (χ4v) is 3.91. The summed E-state index contributed by atoms with van der Waals surface area (Å²) in [5.41, 5.74) is 1.68. The predicted octanol–water partition coefficient (Wildman–Crippen LogP) is 2.83. The molecule has 0 aliphatic carbocycles. The molecule has 134 valence electrons. The summed E-state index contributed by atoms with van der Waals surface area (Å²) in [6.45, 7) is 7.59. The first-order chi connectivity index (χ1) is 11.2. The number of carbonyl (C=O) groups excluding carboxylic acids is 1. The van der Waals surface area contributed by atoms with Crippen molar-refractivity contribution in [2.75, 3.05) is 30.2 Å². The lowest BCUT2D eigenvalue weighted by Crippen LogP contribution is -2.46. The molecule has 1 atom stereocenters. The van der Waals surface area contributed by atoms with Gasteiger partial charge in [-0.05, 0) is 42.4 Å². The second-order valence-electron chi connectivity index (χ2n) is 7.10. The van der Waals surface area contributed by atoms with E-state index < -0.39 is 10.0 Å². The molecule has 5 nitrogen and oxygen atoms in total. The highest BCUT2D eigenvalue weighted by Crippen LogP contribution is 2.23. The van der Waals surface area contributed by atoms with Crippen LogP contribution < -0.4 is 4.31 Å². The summed E-state index contributed by atoms with van der Waals surface area (Å²) in [5.74, 6) is 0.724. The van der Waals surface area contributed by atoms with Crippen molar-refractivity contribution in [1.82, 2.24) is 4.90 Å². The summed E-state index contributed by atoms with van der Waals surface area (Å²) in [5, 5.41) is 0. The summed E-state index contributed by atoms with van der Waals surface area (Å²) < 4.78 is 25.6. The van der Waals surface area contributed by atoms with Gasteiger partial charge in [0.15, 0.2) is 0 Å². The van der Waals surface area contributed by atoms with Crippen molar-refractivity contribution in [3.05, 3.63) is 29.8 Å². The molecule has 0 spiro atoms. The zero-order valence-corrected chi connectivity index (χ0v) is 15.8. The number of carbonyl (C=O) groups is 1. The van der Waals surface area contributed by atoms with Gasteiger partial charge < -0.3 is 4.90 Å². The Bertz CT molecular complexity index is 668. The van der Waals surface area contributed by atoms with Crippen LogP contribution in [0.1, 0.15) is 45.1 Å². The highest BCUT2D eigenvalue weighted by Gasteiger charge is 2.26. The molecule has 1 fully saturated rings. The summed E-state index contributed by atoms with van der Waals surface area (Å²) in [6.07, 6.45) is 3.25. The third kappa shape index (κ3) is 4.72. The number of sulfonamides is 1. The van der Waals surface area contributed by atoms with Gasteiger partial charge in [0.1, 0.15) is 6.54 Å². The van der Waals surface area contributed by atoms with Crippen LogP contribution in [0.4, 0.5) is 5.69 Å². The summed E-state index contributed by atoms with van der Waals surface area (Å²) in [4.78, 5) is 14.4. The van der Waals surface area contributed by atoms with Crippen LogP contribution in [0.15, 0.2) is 24.3 Å². The lowest BCUT2D eigenvalue weighted by atomic mass is 10.0. The van der Waals surface area contributed by atoms with Crippen molar-refractivity contribution in [3.63, 3.8) is 0 Å². The first-order valence-corrected chi connectivity index (χ1v) is 10.4. The van der Waals surface area contributed by atoms with Gasteiger partial charge in [0.2, 0.25) is 15.9 Å². The van der Waals surface area contributed by atoms with Gasteiger partial charge in [-0.25, -0.2) is 8.42 Å². The van der Waals surface area contributed by atoms with Gasteiger partial charge in [-0.3, -0.25) is 9.10 Å². The SMILES string of the molecule is CC(C)c1ccc(N(CC(=O)N2CCC[C@H](C)C2)S(C)(=O)=O)cc1. The Kier molecular flexibility index (Phi) is 5.91. The van der Waals surface area contributed by atoms with E-state index in [-0.39, 0.29) is 12.5 Å². The Morgan fingerprint density at radius 3 is 2.42 bits per heavy atom. The van der Waals surface area contributed by atoms with Crippen LogP contribution in [-0.2, 0) is 14.8 Å². The number of piperidine rings is 1. The number of hydrogen-bond acceptors (Lipinski definition) is 3. The molecule has 0 saturated carbocycles. The number of likely N-dealkylation sites (tertiary alicyclic amines) is 1. The van der Waals surface area contributed by atoms with Gasteiger partial charge in [0.05, 0.1) is 11.9 Å². The van der Waals surface area contributed by atoms with Gasteiger partial charge in [0, 0.05) is 13.1 Å². The lowest BCUT2D eigenvalue weighted by molar-refractivity contribution is -0.131. The Morgan fingerprint density at radius 1 is 1.29 bits per heavy atom. The van der Waals surface area contributed by atoms with Crippen LogP contribution in [0, 0.1) is 5.92 Å². The van der Waals surface area contributed by atoms with Crippen LogP contribution in [0.2, 0.25) is 0 Å². The summed E-state index contributed by atoms with van der Waals surface area (Å²) in [6, 6.07) is 7.40. The van der Waals surface area contributed by atoms with E-state index >= 15 is 0 Å². The number of nitrogens with zero attached hydrogens (tertiary/aromatic N) is 2. The maximum atomic E-state index is 12.6. The van der Waals surface area contributed by atoms with Crippen LogP contribution >= 0.6 is 0 Å². The van der Waals surface area contributed by atoms with E-state index in [9.17, 15) is 13.2 Å². The Hall–Kier alpha value is -1.56. The van der Waals surface area contributed by atoms with Crippen LogP contribution in [0.5, 0.6) is 0 Å². The van der Waals surface area contributed by atoms with Crippen molar-refractivity contribution in [2.24, 2.45) is 5.92 Å². The highest BCUT2D eigenvalue weighted by atomic mass is 32.2. The Morgan fingerprint density at radius 2 is 1.92 bits per heavy atom. The maximum absolute atomic E-state index is 12.6. The molecule has 0 aromatic heterocycles. The van der Waals surface area contributed by atoms with Crippen molar-refractivity contribution in [2.45, 2.75) is 39.5 Å². The zero-order chi connectivity index (χ0) is 17.9. The van der Waals surface area contributed by atoms with Crippen molar-refractivity contribution in [1.29, 1.82) is 0 Å². The number of anilines is 1. The van der Waals surface area contributed by atoms with E-state index in [1.165, 1.54) is 4.31 Å². The first-order valence-electron chi connectivity index (χ1n) is 8.54. The molecule has 1 heterocycles. The monoisotopic (exact) mass is 352 g/mol. The van der Waals surface area contributed by atoms with E-state index in [0.717, 1.165) is 24.7 Å². The largest absolute Gasteiger partial charge is 0.341 e. The minimum Gasteiger partial charge on any atom is -0.341 e. The molecule has 0 N–H and O–H groups in total. The molecule has 1 aromatic carbocycles. The topological polar surface area (TPSA) is 57.7 Å². The highest BCUT2D eigenvalue weighted by molar-refractivity contribution is 7.92. The predicted molar refractivity (Wildman–Crippen MR) is 97.7 cm³/mol. The third-order valence-corrected chi connectivity index (χ3v) is 5.68. The molecule has 1 amide bonds. The van der Waals surface area contributed by atoms with Crippen LogP contribution in [0.3, 0.4) is 0 Å². The maximum Gasteiger partial charge on any atom is 0.243 e. The minimum absolute atomic E-state index is 0.125. The number of benzene rings is 1. The first kappa shape index (κ1) is 18.8. The molecule has 0 radical (unpaired) electrons. The molecular weight excluding hydrogens is 324 g/mol. The standard InChI is InChI=1S/C18H28N2O3S/c1-14(2)16-7-9-17(10-8-16)20(24(4,22)23)13-18(21)19-11-5-6-15(3)12-19/h7-10,14-15H,5-6,11-13H2,1-4H3/t15-/m0/s1. The third-order valence-electron chi connectivity index (χ3n) is 4.54. The molecule has 1 aliphatic rings. The molecule has 0 unspecified atom stereocenters. The average molecular weight is 352 g/mol. The van der Waals surface area contributed by atoms with E-state index in [1.54, 1.807) is 17.0 Å². The quantitative estimate of drug-likeness (QED) is 0.819. The molecule has 2 rings (SSSR count). The lowest BCUT2D eigenvalue weighted by Gasteiger charge is -2.33. The van der Waals surface area contributed by atoms with Crippen molar-refractivity contribution >= 4 is 21.6 Å². The van der Waals surface area contributed by atoms with Gasteiger partial charge in [-0.1, -0.05) is 32.9 Å². The second-order valence-corrected chi connectivity index (χ2v) is 9.01. The zero-order valence-electron chi connectivity index (χ0n) is 15.0. The van der Waals surface area contributed by atoms with Crippen LogP contribution in [-0.4, -0.2) is 45.1 Å². The smallest absolute Gasteiger partial charge is 0.243 e. The fourth-order valence-electron chi connectivity index (χ4n) is 3.06. The van der Waals surface area contributed by atoms with E-state index in [4.69, 9.17) is 0 Å². The molecule has 1 saturated heterocycles. The molecular formula is C18H28N2O3S. The Balaban J connectivity index is 2.18. The fraction of sp³-hybridized carbons (Fsp3) is 0.611.